The number of benzene rings is 1. The van der Waals surface area contributed by atoms with Crippen molar-refractivity contribution < 1.29 is 4.79 Å². The van der Waals surface area contributed by atoms with Crippen molar-refractivity contribution in [3.05, 3.63) is 64.5 Å². The molecule has 2 heterocycles. The number of carbonyl (C=O) groups is 1. The van der Waals surface area contributed by atoms with Gasteiger partial charge in [-0.2, -0.15) is 10.5 Å². The molecule has 0 fully saturated rings. The van der Waals surface area contributed by atoms with Gasteiger partial charge in [-0.25, -0.2) is 4.98 Å². The van der Waals surface area contributed by atoms with Crippen LogP contribution in [0.1, 0.15) is 21.5 Å². The molecule has 0 amide bonds. The maximum absolute atomic E-state index is 12.3. The molecule has 0 aliphatic rings. The lowest BCUT2D eigenvalue weighted by Gasteiger charge is -2.11. The Morgan fingerprint density at radius 2 is 1.85 bits per heavy atom. The molecule has 0 spiro atoms. The van der Waals surface area contributed by atoms with Gasteiger partial charge in [-0.05, 0) is 11.4 Å². The molecule has 26 heavy (non-hydrogen) atoms. The minimum Gasteiger partial charge on any atom is -0.383 e. The van der Waals surface area contributed by atoms with Crippen molar-refractivity contribution >= 4 is 34.7 Å². The summed E-state index contributed by atoms with van der Waals surface area (Å²) in [5.74, 6) is 0.118. The van der Waals surface area contributed by atoms with E-state index in [4.69, 9.17) is 5.73 Å². The van der Waals surface area contributed by atoms with Gasteiger partial charge in [-0.15, -0.1) is 11.3 Å². The minimum atomic E-state index is -0.0677. The van der Waals surface area contributed by atoms with Gasteiger partial charge in [0.1, 0.15) is 28.5 Å². The maximum Gasteiger partial charge on any atom is 0.173 e. The Kier molecular flexibility index (Phi) is 5.33. The summed E-state index contributed by atoms with van der Waals surface area (Å²) < 4.78 is 0. The van der Waals surface area contributed by atoms with Crippen LogP contribution in [0.4, 0.5) is 5.82 Å². The molecule has 0 aliphatic heterocycles. The Morgan fingerprint density at radius 3 is 2.46 bits per heavy atom. The summed E-state index contributed by atoms with van der Waals surface area (Å²) in [5, 5.41) is 21.3. The predicted molar refractivity (Wildman–Crippen MR) is 103 cm³/mol. The first kappa shape index (κ1) is 17.7. The Balaban J connectivity index is 1.99. The molecule has 5 nitrogen and oxygen atoms in total. The van der Waals surface area contributed by atoms with Crippen molar-refractivity contribution in [1.82, 2.24) is 4.98 Å². The number of Topliss-reactive ketones (excluding diaryl/α,β-unsaturated/α-hetero) is 1. The van der Waals surface area contributed by atoms with Crippen LogP contribution >= 0.6 is 23.1 Å². The van der Waals surface area contributed by atoms with E-state index in [0.717, 1.165) is 16.6 Å². The molecular formula is C19H12N4OS2. The van der Waals surface area contributed by atoms with E-state index in [0.29, 0.717) is 16.2 Å². The molecule has 0 radical (unpaired) electrons. The third kappa shape index (κ3) is 3.45. The van der Waals surface area contributed by atoms with Gasteiger partial charge in [0.2, 0.25) is 0 Å². The van der Waals surface area contributed by atoms with Crippen molar-refractivity contribution in [3.63, 3.8) is 0 Å². The van der Waals surface area contributed by atoms with Crippen LogP contribution in [0, 0.1) is 22.7 Å². The number of aromatic nitrogens is 1. The lowest BCUT2D eigenvalue weighted by molar-refractivity contribution is 0.102. The predicted octanol–water partition coefficient (Wildman–Crippen LogP) is 4.11. The second kappa shape index (κ2) is 7.83. The smallest absolute Gasteiger partial charge is 0.173 e. The molecule has 0 bridgehead atoms. The monoisotopic (exact) mass is 376 g/mol. The van der Waals surface area contributed by atoms with Crippen molar-refractivity contribution in [1.29, 1.82) is 10.5 Å². The number of ketones is 1. The number of pyridine rings is 1. The van der Waals surface area contributed by atoms with Gasteiger partial charge in [0, 0.05) is 16.0 Å². The van der Waals surface area contributed by atoms with Crippen LogP contribution in [0.2, 0.25) is 0 Å². The molecule has 0 aliphatic carbocycles. The lowest BCUT2D eigenvalue weighted by atomic mass is 10.0. The molecular weight excluding hydrogens is 364 g/mol. The fraction of sp³-hybridized carbons (Fsp3) is 0.0526. The molecule has 0 atom stereocenters. The van der Waals surface area contributed by atoms with Crippen LogP contribution in [-0.4, -0.2) is 16.5 Å². The van der Waals surface area contributed by atoms with Crippen molar-refractivity contribution in [2.24, 2.45) is 0 Å². The number of rotatable bonds is 5. The lowest BCUT2D eigenvalue weighted by Crippen LogP contribution is -2.06. The fourth-order valence-corrected chi connectivity index (χ4v) is 4.08. The van der Waals surface area contributed by atoms with Crippen molar-refractivity contribution in [3.8, 4) is 22.6 Å². The second-order valence-electron chi connectivity index (χ2n) is 5.21. The molecule has 0 saturated carbocycles. The number of hydrogen-bond acceptors (Lipinski definition) is 7. The van der Waals surface area contributed by atoms with Gasteiger partial charge >= 0.3 is 0 Å². The van der Waals surface area contributed by atoms with Crippen LogP contribution < -0.4 is 5.73 Å². The highest BCUT2D eigenvalue weighted by atomic mass is 32.2. The van der Waals surface area contributed by atoms with Gasteiger partial charge in [0.05, 0.1) is 11.3 Å². The summed E-state index contributed by atoms with van der Waals surface area (Å²) in [6.45, 7) is 0. The minimum absolute atomic E-state index is 0.0598. The molecule has 0 saturated heterocycles. The number of nitriles is 2. The van der Waals surface area contributed by atoms with E-state index in [1.54, 1.807) is 24.3 Å². The molecule has 126 valence electrons. The van der Waals surface area contributed by atoms with E-state index in [1.165, 1.54) is 11.3 Å². The van der Waals surface area contributed by atoms with E-state index in [-0.39, 0.29) is 28.5 Å². The number of nitrogens with zero attached hydrogens (tertiary/aromatic N) is 3. The number of hydrogen-bond donors (Lipinski definition) is 1. The average Bonchev–Trinajstić information content (AvgIpc) is 3.20. The number of carbonyl (C=O) groups excluding carboxylic acids is 1. The largest absolute Gasteiger partial charge is 0.383 e. The first-order valence-electron chi connectivity index (χ1n) is 7.54. The third-order valence-corrected chi connectivity index (χ3v) is 5.48. The zero-order chi connectivity index (χ0) is 18.5. The van der Waals surface area contributed by atoms with Gasteiger partial charge in [0.25, 0.3) is 0 Å². The maximum atomic E-state index is 12.3. The van der Waals surface area contributed by atoms with Crippen LogP contribution in [0.5, 0.6) is 0 Å². The summed E-state index contributed by atoms with van der Waals surface area (Å²) in [6, 6.07) is 16.7. The summed E-state index contributed by atoms with van der Waals surface area (Å²) in [6.07, 6.45) is 0. The standard InChI is InChI=1S/C19H12N4OS2/c20-9-13-17(16-7-4-8-25-16)14(10-21)19(23-18(13)22)26-11-15(24)12-5-2-1-3-6-12/h1-8H,11H2,(H2,22,23). The zero-order valence-corrected chi connectivity index (χ0v) is 15.1. The Labute approximate surface area is 158 Å². The molecule has 3 rings (SSSR count). The second-order valence-corrected chi connectivity index (χ2v) is 7.12. The van der Waals surface area contributed by atoms with E-state index in [9.17, 15) is 15.3 Å². The Hall–Kier alpha value is -3.13. The van der Waals surface area contributed by atoms with Gasteiger partial charge < -0.3 is 5.73 Å². The summed E-state index contributed by atoms with van der Waals surface area (Å²) in [4.78, 5) is 17.3. The average molecular weight is 376 g/mol. The van der Waals surface area contributed by atoms with Gasteiger partial charge in [-0.3, -0.25) is 4.79 Å². The number of thiophene rings is 1. The molecule has 2 aromatic heterocycles. The summed E-state index contributed by atoms with van der Waals surface area (Å²) >= 11 is 2.56. The van der Waals surface area contributed by atoms with E-state index >= 15 is 0 Å². The van der Waals surface area contributed by atoms with Crippen LogP contribution in [0.3, 0.4) is 0 Å². The highest BCUT2D eigenvalue weighted by molar-refractivity contribution is 8.00. The fourth-order valence-electron chi connectivity index (χ4n) is 2.41. The molecule has 2 N–H and O–H groups in total. The molecule has 3 aromatic rings. The van der Waals surface area contributed by atoms with Crippen LogP contribution in [0.25, 0.3) is 10.4 Å². The topological polar surface area (TPSA) is 104 Å². The van der Waals surface area contributed by atoms with Gasteiger partial charge in [-0.1, -0.05) is 48.2 Å². The quantitative estimate of drug-likeness (QED) is 0.531. The Morgan fingerprint density at radius 1 is 1.12 bits per heavy atom. The first-order chi connectivity index (χ1) is 12.7. The highest BCUT2D eigenvalue weighted by Gasteiger charge is 2.21. The zero-order valence-electron chi connectivity index (χ0n) is 13.5. The summed E-state index contributed by atoms with van der Waals surface area (Å²) in [5.41, 5.74) is 7.47. The van der Waals surface area contributed by atoms with E-state index in [1.807, 2.05) is 29.6 Å². The SMILES string of the molecule is N#Cc1c(N)nc(SCC(=O)c2ccccc2)c(C#N)c1-c1cccs1. The van der Waals surface area contributed by atoms with Gasteiger partial charge in [0.15, 0.2) is 5.78 Å². The molecule has 1 aromatic carbocycles. The molecule has 7 heteroatoms. The molecule has 0 unspecified atom stereocenters. The van der Waals surface area contributed by atoms with Crippen molar-refractivity contribution in [2.75, 3.05) is 11.5 Å². The Bertz CT molecular complexity index is 1030. The number of anilines is 1. The third-order valence-electron chi connectivity index (χ3n) is 3.62. The number of thioether (sulfide) groups is 1. The van der Waals surface area contributed by atoms with E-state index in [2.05, 4.69) is 11.1 Å². The van der Waals surface area contributed by atoms with Crippen LogP contribution in [-0.2, 0) is 0 Å². The highest BCUT2D eigenvalue weighted by Crippen LogP contribution is 2.37. The number of nitrogen functional groups attached to an aromatic ring is 1. The summed E-state index contributed by atoms with van der Waals surface area (Å²) in [7, 11) is 0. The first-order valence-corrected chi connectivity index (χ1v) is 9.40. The van der Waals surface area contributed by atoms with Crippen LogP contribution in [0.15, 0.2) is 52.9 Å². The number of nitrogens with two attached hydrogens (primary N) is 1. The normalized spacial score (nSPS) is 10.1. The van der Waals surface area contributed by atoms with E-state index < -0.39 is 0 Å². The van der Waals surface area contributed by atoms with Crippen molar-refractivity contribution in [2.45, 2.75) is 5.03 Å².